The summed E-state index contributed by atoms with van der Waals surface area (Å²) in [6.07, 6.45) is 2.33. The first-order valence-electron chi connectivity index (χ1n) is 7.72. The smallest absolute Gasteiger partial charge is 0.165 e. The van der Waals surface area contributed by atoms with Crippen molar-refractivity contribution in [1.29, 1.82) is 0 Å². The highest BCUT2D eigenvalue weighted by molar-refractivity contribution is 6.35. The summed E-state index contributed by atoms with van der Waals surface area (Å²) in [5.74, 6) is -0.0577. The number of Topliss-reactive ketones (excluding diaryl/α,β-unsaturated/α-hetero) is 1. The molecule has 0 aliphatic heterocycles. The van der Waals surface area contributed by atoms with E-state index in [9.17, 15) is 9.18 Å². The van der Waals surface area contributed by atoms with Crippen LogP contribution in [0, 0.1) is 5.82 Å². The lowest BCUT2D eigenvalue weighted by atomic mass is 9.94. The van der Waals surface area contributed by atoms with E-state index in [1.807, 2.05) is 18.2 Å². The fourth-order valence-corrected chi connectivity index (χ4v) is 3.75. The number of halogens is 2. The van der Waals surface area contributed by atoms with Gasteiger partial charge in [-0.25, -0.2) is 4.39 Å². The monoisotopic (exact) mass is 327 g/mol. The van der Waals surface area contributed by atoms with Crippen molar-refractivity contribution in [2.75, 3.05) is 0 Å². The topological polar surface area (TPSA) is 22.0 Å². The molecule has 1 heterocycles. The summed E-state index contributed by atoms with van der Waals surface area (Å²) in [4.78, 5) is 12.4. The van der Waals surface area contributed by atoms with Crippen molar-refractivity contribution in [3.8, 4) is 0 Å². The van der Waals surface area contributed by atoms with Gasteiger partial charge in [-0.2, -0.15) is 0 Å². The van der Waals surface area contributed by atoms with Crippen LogP contribution >= 0.6 is 11.6 Å². The Morgan fingerprint density at radius 1 is 1.09 bits per heavy atom. The van der Waals surface area contributed by atoms with Crippen molar-refractivity contribution in [3.05, 3.63) is 70.1 Å². The van der Waals surface area contributed by atoms with Gasteiger partial charge < -0.3 is 4.57 Å². The minimum atomic E-state index is -0.249. The number of para-hydroxylation sites is 1. The minimum absolute atomic E-state index is 0.191. The molecule has 4 rings (SSSR count). The Balaban J connectivity index is 1.94. The number of rotatable bonds is 2. The van der Waals surface area contributed by atoms with Crippen molar-refractivity contribution in [2.45, 2.75) is 25.8 Å². The van der Waals surface area contributed by atoms with E-state index in [-0.39, 0.29) is 11.6 Å². The maximum absolute atomic E-state index is 13.1. The zero-order valence-corrected chi connectivity index (χ0v) is 13.2. The molecule has 0 N–H and O–H groups in total. The Morgan fingerprint density at radius 3 is 2.65 bits per heavy atom. The van der Waals surface area contributed by atoms with E-state index in [4.69, 9.17) is 11.6 Å². The van der Waals surface area contributed by atoms with Gasteiger partial charge in [0.2, 0.25) is 0 Å². The van der Waals surface area contributed by atoms with Crippen LogP contribution in [0.4, 0.5) is 4.39 Å². The number of carbonyl (C=O) groups excluding carboxylic acids is 1. The van der Waals surface area contributed by atoms with Gasteiger partial charge in [0, 0.05) is 29.6 Å². The Hall–Kier alpha value is -2.13. The molecular weight excluding hydrogens is 313 g/mol. The Bertz CT molecular complexity index is 911. The van der Waals surface area contributed by atoms with Crippen LogP contribution in [0.5, 0.6) is 0 Å². The van der Waals surface area contributed by atoms with Crippen LogP contribution in [0.3, 0.4) is 0 Å². The van der Waals surface area contributed by atoms with Crippen molar-refractivity contribution >= 4 is 28.3 Å². The van der Waals surface area contributed by atoms with Crippen LogP contribution in [-0.2, 0) is 13.0 Å². The third kappa shape index (κ3) is 2.36. The molecule has 4 heteroatoms. The first-order chi connectivity index (χ1) is 11.1. The predicted molar refractivity (Wildman–Crippen MR) is 89.7 cm³/mol. The molecule has 1 aliphatic carbocycles. The minimum Gasteiger partial charge on any atom is -0.338 e. The van der Waals surface area contributed by atoms with Crippen LogP contribution in [0.1, 0.15) is 34.5 Å². The number of ketones is 1. The summed E-state index contributed by atoms with van der Waals surface area (Å²) in [6.45, 7) is 0.586. The Labute approximate surface area is 138 Å². The average Bonchev–Trinajstić information content (AvgIpc) is 2.86. The number of hydrogen-bond acceptors (Lipinski definition) is 1. The third-order valence-electron chi connectivity index (χ3n) is 4.49. The summed E-state index contributed by atoms with van der Waals surface area (Å²) in [7, 11) is 0. The number of hydrogen-bond donors (Lipinski definition) is 0. The standard InChI is InChI=1S/C19H15ClFNO/c20-15-4-1-3-14-18-16(5-2-6-17(18)23)22(19(14)15)11-12-7-9-13(21)10-8-12/h1,3-4,7-10H,2,5-6,11H2. The van der Waals surface area contributed by atoms with Crippen molar-refractivity contribution < 1.29 is 9.18 Å². The van der Waals surface area contributed by atoms with Gasteiger partial charge in [0.15, 0.2) is 5.78 Å². The van der Waals surface area contributed by atoms with E-state index in [0.29, 0.717) is 18.0 Å². The Morgan fingerprint density at radius 2 is 1.87 bits per heavy atom. The number of nitrogens with zero attached hydrogens (tertiary/aromatic N) is 1. The average molecular weight is 328 g/mol. The molecule has 0 fully saturated rings. The van der Waals surface area contributed by atoms with Crippen LogP contribution < -0.4 is 0 Å². The molecule has 2 aromatic carbocycles. The van der Waals surface area contributed by atoms with Gasteiger partial charge >= 0.3 is 0 Å². The predicted octanol–water partition coefficient (Wildman–Crippen LogP) is 5.00. The van der Waals surface area contributed by atoms with Gasteiger partial charge in [0.05, 0.1) is 10.5 Å². The molecule has 23 heavy (non-hydrogen) atoms. The molecule has 0 radical (unpaired) electrons. The van der Waals surface area contributed by atoms with E-state index in [1.54, 1.807) is 12.1 Å². The van der Waals surface area contributed by atoms with Gasteiger partial charge in [-0.15, -0.1) is 0 Å². The summed E-state index contributed by atoms with van der Waals surface area (Å²) in [6, 6.07) is 12.2. The van der Waals surface area contributed by atoms with Gasteiger partial charge in [-0.05, 0) is 36.6 Å². The molecule has 3 aromatic rings. The fourth-order valence-electron chi connectivity index (χ4n) is 3.48. The lowest BCUT2D eigenvalue weighted by Gasteiger charge is -2.15. The molecular formula is C19H15ClFNO. The zero-order valence-electron chi connectivity index (χ0n) is 12.5. The van der Waals surface area contributed by atoms with E-state index < -0.39 is 0 Å². The first kappa shape index (κ1) is 14.5. The van der Waals surface area contributed by atoms with E-state index in [1.165, 1.54) is 12.1 Å². The quantitative estimate of drug-likeness (QED) is 0.649. The van der Waals surface area contributed by atoms with Gasteiger partial charge in [0.25, 0.3) is 0 Å². The second-order valence-corrected chi connectivity index (χ2v) is 6.35. The van der Waals surface area contributed by atoms with E-state index in [2.05, 4.69) is 4.57 Å². The van der Waals surface area contributed by atoms with E-state index >= 15 is 0 Å². The number of fused-ring (bicyclic) bond motifs is 3. The molecule has 0 bridgehead atoms. The van der Waals surface area contributed by atoms with E-state index in [0.717, 1.165) is 40.6 Å². The normalized spacial score (nSPS) is 14.3. The van der Waals surface area contributed by atoms with Crippen LogP contribution in [0.25, 0.3) is 10.9 Å². The molecule has 0 saturated carbocycles. The maximum atomic E-state index is 13.1. The SMILES string of the molecule is O=C1CCCc2c1c1cccc(Cl)c1n2Cc1ccc(F)cc1. The highest BCUT2D eigenvalue weighted by atomic mass is 35.5. The lowest BCUT2D eigenvalue weighted by molar-refractivity contribution is 0.0973. The molecule has 0 amide bonds. The first-order valence-corrected chi connectivity index (χ1v) is 8.10. The molecule has 0 spiro atoms. The van der Waals surface area contributed by atoms with Gasteiger partial charge in [0.1, 0.15) is 5.82 Å². The second-order valence-electron chi connectivity index (χ2n) is 5.95. The Kier molecular flexibility index (Phi) is 3.46. The van der Waals surface area contributed by atoms with Crippen LogP contribution in [0.2, 0.25) is 5.02 Å². The molecule has 1 aliphatic rings. The molecule has 0 unspecified atom stereocenters. The highest BCUT2D eigenvalue weighted by Crippen LogP contribution is 2.36. The van der Waals surface area contributed by atoms with Gasteiger partial charge in [-0.3, -0.25) is 4.79 Å². The summed E-state index contributed by atoms with van der Waals surface area (Å²) in [5.41, 5.74) is 3.76. The third-order valence-corrected chi connectivity index (χ3v) is 4.80. The molecule has 2 nitrogen and oxygen atoms in total. The second kappa shape index (κ2) is 5.50. The molecule has 0 atom stereocenters. The van der Waals surface area contributed by atoms with Crippen molar-refractivity contribution in [1.82, 2.24) is 4.57 Å². The van der Waals surface area contributed by atoms with Crippen LogP contribution in [-0.4, -0.2) is 10.4 Å². The highest BCUT2D eigenvalue weighted by Gasteiger charge is 2.26. The number of carbonyl (C=O) groups is 1. The maximum Gasteiger partial charge on any atom is 0.165 e. The number of aromatic nitrogens is 1. The zero-order chi connectivity index (χ0) is 16.0. The number of benzene rings is 2. The van der Waals surface area contributed by atoms with Crippen molar-refractivity contribution in [3.63, 3.8) is 0 Å². The summed E-state index contributed by atoms with van der Waals surface area (Å²) < 4.78 is 15.3. The summed E-state index contributed by atoms with van der Waals surface area (Å²) >= 11 is 6.43. The fraction of sp³-hybridized carbons (Fsp3) is 0.211. The molecule has 1 aromatic heterocycles. The summed E-state index contributed by atoms with van der Waals surface area (Å²) in [5, 5.41) is 1.58. The van der Waals surface area contributed by atoms with Gasteiger partial charge in [-0.1, -0.05) is 35.9 Å². The van der Waals surface area contributed by atoms with Crippen LogP contribution in [0.15, 0.2) is 42.5 Å². The largest absolute Gasteiger partial charge is 0.338 e. The molecule has 0 saturated heterocycles. The lowest BCUT2D eigenvalue weighted by Crippen LogP contribution is -2.13. The molecule has 116 valence electrons. The van der Waals surface area contributed by atoms with Crippen molar-refractivity contribution in [2.24, 2.45) is 0 Å².